The summed E-state index contributed by atoms with van der Waals surface area (Å²) < 4.78 is 11.1. The molecule has 0 radical (unpaired) electrons. The Bertz CT molecular complexity index is 879. The lowest BCUT2D eigenvalue weighted by Crippen LogP contribution is -2.17. The molecule has 2 aromatic rings. The highest BCUT2D eigenvalue weighted by Gasteiger charge is 2.29. The molecule has 1 aromatic carbocycles. The van der Waals surface area contributed by atoms with E-state index in [1.54, 1.807) is 7.11 Å². The summed E-state index contributed by atoms with van der Waals surface area (Å²) in [6.45, 7) is 0.630. The van der Waals surface area contributed by atoms with Crippen LogP contribution in [-0.4, -0.2) is 18.8 Å². The first-order valence-corrected chi connectivity index (χ1v) is 10.6. The predicted octanol–water partition coefficient (Wildman–Crippen LogP) is 5.05. The fraction of sp³-hybridized carbons (Fsp3) is 0.542. The van der Waals surface area contributed by atoms with Gasteiger partial charge in [-0.1, -0.05) is 37.1 Å². The van der Waals surface area contributed by atoms with Gasteiger partial charge in [-0.25, -0.2) is 4.79 Å². The second kappa shape index (κ2) is 8.52. The van der Waals surface area contributed by atoms with Crippen LogP contribution in [0, 0.1) is 0 Å². The molecule has 2 aliphatic carbocycles. The highest BCUT2D eigenvalue weighted by Crippen LogP contribution is 2.43. The van der Waals surface area contributed by atoms with Crippen LogP contribution in [0.25, 0.3) is 0 Å². The van der Waals surface area contributed by atoms with Gasteiger partial charge in [-0.3, -0.25) is 0 Å². The fourth-order valence-electron chi connectivity index (χ4n) is 4.56. The number of aromatic hydroxyl groups is 1. The van der Waals surface area contributed by atoms with E-state index in [2.05, 4.69) is 18.2 Å². The third-order valence-corrected chi connectivity index (χ3v) is 6.28. The lowest BCUT2D eigenvalue weighted by Gasteiger charge is -2.23. The normalized spacial score (nSPS) is 19.7. The fourth-order valence-corrected chi connectivity index (χ4v) is 4.56. The Morgan fingerprint density at radius 2 is 1.96 bits per heavy atom. The molecule has 0 saturated heterocycles. The summed E-state index contributed by atoms with van der Waals surface area (Å²) in [5.74, 6) is 1.61. The van der Waals surface area contributed by atoms with Crippen molar-refractivity contribution in [3.05, 3.63) is 62.7 Å². The molecule has 4 heteroatoms. The van der Waals surface area contributed by atoms with Gasteiger partial charge in [0.15, 0.2) is 0 Å². The summed E-state index contributed by atoms with van der Waals surface area (Å²) in [5.41, 5.74) is 3.32. The zero-order valence-corrected chi connectivity index (χ0v) is 16.7. The molecule has 28 heavy (non-hydrogen) atoms. The molecule has 1 N–H and O–H groups in total. The number of benzene rings is 1. The maximum atomic E-state index is 12.9. The Labute approximate surface area is 166 Å². The van der Waals surface area contributed by atoms with E-state index in [0.29, 0.717) is 30.3 Å². The van der Waals surface area contributed by atoms with Crippen molar-refractivity contribution in [3.63, 3.8) is 0 Å². The van der Waals surface area contributed by atoms with Crippen LogP contribution >= 0.6 is 0 Å². The van der Waals surface area contributed by atoms with Crippen LogP contribution < -0.4 is 5.63 Å². The molecule has 1 unspecified atom stereocenters. The Balaban J connectivity index is 1.72. The number of rotatable bonds is 6. The average Bonchev–Trinajstić information content (AvgIpc) is 3.52. The molecule has 0 bridgehead atoms. The van der Waals surface area contributed by atoms with E-state index in [0.717, 1.165) is 49.7 Å². The third-order valence-electron chi connectivity index (χ3n) is 6.28. The van der Waals surface area contributed by atoms with Crippen molar-refractivity contribution in [2.45, 2.75) is 69.6 Å². The van der Waals surface area contributed by atoms with Gasteiger partial charge in [0.25, 0.3) is 0 Å². The zero-order valence-electron chi connectivity index (χ0n) is 16.7. The van der Waals surface area contributed by atoms with Crippen LogP contribution in [0.3, 0.4) is 0 Å². The van der Waals surface area contributed by atoms with E-state index in [1.807, 2.05) is 6.07 Å². The smallest absolute Gasteiger partial charge is 0.343 e. The molecule has 0 amide bonds. The summed E-state index contributed by atoms with van der Waals surface area (Å²) in [4.78, 5) is 12.9. The molecule has 1 fully saturated rings. The zero-order chi connectivity index (χ0) is 19.5. The largest absolute Gasteiger partial charge is 0.507 e. The van der Waals surface area contributed by atoms with Crippen molar-refractivity contribution in [1.29, 1.82) is 0 Å². The Kier molecular flexibility index (Phi) is 5.86. The maximum Gasteiger partial charge on any atom is 0.343 e. The average molecular weight is 383 g/mol. The van der Waals surface area contributed by atoms with Crippen LogP contribution in [0.15, 0.2) is 33.5 Å². The highest BCUT2D eigenvalue weighted by atomic mass is 16.5. The molecule has 1 atom stereocenters. The topological polar surface area (TPSA) is 59.7 Å². The molecule has 4 rings (SSSR count). The van der Waals surface area contributed by atoms with Crippen LogP contribution in [-0.2, 0) is 17.6 Å². The molecule has 0 spiro atoms. The predicted molar refractivity (Wildman–Crippen MR) is 109 cm³/mol. The van der Waals surface area contributed by atoms with Crippen LogP contribution in [0.5, 0.6) is 5.75 Å². The highest BCUT2D eigenvalue weighted by molar-refractivity contribution is 5.45. The summed E-state index contributed by atoms with van der Waals surface area (Å²) in [5, 5.41) is 11.1. The van der Waals surface area contributed by atoms with E-state index >= 15 is 0 Å². The van der Waals surface area contributed by atoms with E-state index in [4.69, 9.17) is 9.15 Å². The van der Waals surface area contributed by atoms with Gasteiger partial charge in [0.1, 0.15) is 11.5 Å². The standard InChI is InChI=1S/C24H30O4/c1-27-14-13-17-7-3-2-4-10-20-22(25)21(24(26)28-23(17)20)15-18-8-5-6-9-19(18)16-11-12-16/h5-6,8-9,16-17,25H,2-4,7,10-15H2,1H3. The molecular weight excluding hydrogens is 352 g/mol. The third kappa shape index (κ3) is 4.02. The van der Waals surface area contributed by atoms with E-state index in [1.165, 1.54) is 18.4 Å². The summed E-state index contributed by atoms with van der Waals surface area (Å²) >= 11 is 0. The lowest BCUT2D eigenvalue weighted by molar-refractivity contribution is 0.180. The Morgan fingerprint density at radius 1 is 1.14 bits per heavy atom. The minimum absolute atomic E-state index is 0.140. The molecule has 0 aliphatic heterocycles. The molecule has 2 aliphatic rings. The number of hydrogen-bond acceptors (Lipinski definition) is 4. The molecule has 4 nitrogen and oxygen atoms in total. The minimum Gasteiger partial charge on any atom is -0.507 e. The Morgan fingerprint density at radius 3 is 2.75 bits per heavy atom. The van der Waals surface area contributed by atoms with E-state index in [9.17, 15) is 9.90 Å². The second-order valence-corrected chi connectivity index (χ2v) is 8.29. The van der Waals surface area contributed by atoms with Gasteiger partial charge in [-0.15, -0.1) is 0 Å². The molecular formula is C24H30O4. The molecule has 1 aromatic heterocycles. The van der Waals surface area contributed by atoms with Crippen LogP contribution in [0.1, 0.15) is 84.8 Å². The van der Waals surface area contributed by atoms with Crippen molar-refractivity contribution in [3.8, 4) is 5.75 Å². The second-order valence-electron chi connectivity index (χ2n) is 8.29. The van der Waals surface area contributed by atoms with Crippen molar-refractivity contribution < 1.29 is 14.3 Å². The first-order chi connectivity index (χ1) is 13.7. The molecule has 1 heterocycles. The number of fused-ring (bicyclic) bond motifs is 1. The Hall–Kier alpha value is -2.07. The van der Waals surface area contributed by atoms with Crippen molar-refractivity contribution >= 4 is 0 Å². The summed E-state index contributed by atoms with van der Waals surface area (Å²) in [6.07, 6.45) is 8.70. The summed E-state index contributed by atoms with van der Waals surface area (Å²) in [7, 11) is 1.69. The van der Waals surface area contributed by atoms with Crippen molar-refractivity contribution in [2.75, 3.05) is 13.7 Å². The van der Waals surface area contributed by atoms with E-state index in [-0.39, 0.29) is 17.3 Å². The SMILES string of the molecule is COCCC1CCCCCc2c1oc(=O)c(Cc1ccccc1C1CC1)c2O. The van der Waals surface area contributed by atoms with Crippen LogP contribution in [0.2, 0.25) is 0 Å². The summed E-state index contributed by atoms with van der Waals surface area (Å²) in [6, 6.07) is 8.29. The van der Waals surface area contributed by atoms with Gasteiger partial charge in [-0.05, 0) is 55.6 Å². The number of ether oxygens (including phenoxy) is 1. The quantitative estimate of drug-likeness (QED) is 0.759. The van der Waals surface area contributed by atoms with Crippen LogP contribution in [0.4, 0.5) is 0 Å². The monoisotopic (exact) mass is 382 g/mol. The number of hydrogen-bond donors (Lipinski definition) is 1. The van der Waals surface area contributed by atoms with Gasteiger partial charge in [0.05, 0.1) is 5.56 Å². The van der Waals surface area contributed by atoms with Gasteiger partial charge in [-0.2, -0.15) is 0 Å². The van der Waals surface area contributed by atoms with Gasteiger partial charge >= 0.3 is 5.63 Å². The molecule has 1 saturated carbocycles. The van der Waals surface area contributed by atoms with Crippen molar-refractivity contribution in [2.24, 2.45) is 0 Å². The maximum absolute atomic E-state index is 12.9. The minimum atomic E-state index is -0.384. The van der Waals surface area contributed by atoms with E-state index < -0.39 is 0 Å². The van der Waals surface area contributed by atoms with Crippen molar-refractivity contribution in [1.82, 2.24) is 0 Å². The first kappa shape index (κ1) is 19.3. The lowest BCUT2D eigenvalue weighted by atomic mass is 9.86. The van der Waals surface area contributed by atoms with Gasteiger partial charge in [0.2, 0.25) is 0 Å². The van der Waals surface area contributed by atoms with Gasteiger partial charge in [0, 0.05) is 31.6 Å². The number of methoxy groups -OCH3 is 1. The molecule has 150 valence electrons. The van der Waals surface area contributed by atoms with Gasteiger partial charge < -0.3 is 14.3 Å². The first-order valence-electron chi connectivity index (χ1n) is 10.6.